The van der Waals surface area contributed by atoms with Crippen molar-refractivity contribution in [3.63, 3.8) is 0 Å². The number of benzene rings is 2. The van der Waals surface area contributed by atoms with E-state index in [9.17, 15) is 4.79 Å². The Bertz CT molecular complexity index is 706. The lowest BCUT2D eigenvalue weighted by Gasteiger charge is -2.10. The van der Waals surface area contributed by atoms with Gasteiger partial charge in [-0.1, -0.05) is 11.6 Å². The van der Waals surface area contributed by atoms with Gasteiger partial charge >= 0.3 is 0 Å². The first-order valence-electron chi connectivity index (χ1n) is 6.94. The molecule has 1 amide bonds. The van der Waals surface area contributed by atoms with Crippen LogP contribution in [0.4, 0.5) is 5.69 Å². The molecular weight excluding hydrogens is 334 g/mol. The first kappa shape index (κ1) is 17.5. The number of amides is 1. The van der Waals surface area contributed by atoms with Gasteiger partial charge in [0.15, 0.2) is 11.5 Å². The summed E-state index contributed by atoms with van der Waals surface area (Å²) in [6, 6.07) is 10.9. The van der Waals surface area contributed by atoms with Gasteiger partial charge in [-0.2, -0.15) is 0 Å². The summed E-state index contributed by atoms with van der Waals surface area (Å²) in [4.78, 5) is 13.0. The van der Waals surface area contributed by atoms with Crippen molar-refractivity contribution in [2.24, 2.45) is 0 Å². The van der Waals surface area contributed by atoms with Crippen molar-refractivity contribution in [2.45, 2.75) is 11.8 Å². The molecule has 2 aromatic rings. The van der Waals surface area contributed by atoms with Crippen molar-refractivity contribution in [1.82, 2.24) is 0 Å². The van der Waals surface area contributed by atoms with Gasteiger partial charge in [0, 0.05) is 15.6 Å². The molecule has 0 aliphatic carbocycles. The molecule has 0 saturated carbocycles. The first-order valence-corrected chi connectivity index (χ1v) is 8.30. The van der Waals surface area contributed by atoms with Crippen LogP contribution in [0.15, 0.2) is 41.3 Å². The van der Waals surface area contributed by atoms with Gasteiger partial charge in [0.2, 0.25) is 5.91 Å². The molecule has 0 aromatic heterocycles. The van der Waals surface area contributed by atoms with E-state index in [0.717, 1.165) is 16.1 Å². The van der Waals surface area contributed by atoms with Gasteiger partial charge in [0.1, 0.15) is 0 Å². The smallest absolute Gasteiger partial charge is 0.234 e. The number of halogens is 1. The summed E-state index contributed by atoms with van der Waals surface area (Å²) in [5.74, 6) is 1.54. The zero-order valence-electron chi connectivity index (χ0n) is 13.2. The fourth-order valence-corrected chi connectivity index (χ4v) is 2.96. The highest BCUT2D eigenvalue weighted by Crippen LogP contribution is 2.32. The molecule has 4 nitrogen and oxygen atoms in total. The lowest BCUT2D eigenvalue weighted by atomic mass is 10.2. The Hall–Kier alpha value is -1.85. The van der Waals surface area contributed by atoms with Crippen molar-refractivity contribution in [3.05, 3.63) is 47.0 Å². The van der Waals surface area contributed by atoms with Crippen molar-refractivity contribution in [2.75, 3.05) is 25.3 Å². The number of hydrogen-bond donors (Lipinski definition) is 1. The van der Waals surface area contributed by atoms with E-state index in [4.69, 9.17) is 21.1 Å². The molecule has 0 heterocycles. The number of rotatable bonds is 6. The van der Waals surface area contributed by atoms with E-state index in [1.54, 1.807) is 26.4 Å². The Labute approximate surface area is 145 Å². The number of methoxy groups -OCH3 is 2. The van der Waals surface area contributed by atoms with Crippen molar-refractivity contribution in [3.8, 4) is 11.5 Å². The van der Waals surface area contributed by atoms with Crippen LogP contribution in [0.25, 0.3) is 0 Å². The Balaban J connectivity index is 1.96. The molecule has 0 radical (unpaired) electrons. The van der Waals surface area contributed by atoms with Crippen molar-refractivity contribution < 1.29 is 14.3 Å². The molecule has 6 heteroatoms. The topological polar surface area (TPSA) is 47.6 Å². The molecule has 2 aromatic carbocycles. The second-order valence-corrected chi connectivity index (χ2v) is 6.30. The largest absolute Gasteiger partial charge is 0.493 e. The summed E-state index contributed by atoms with van der Waals surface area (Å²) >= 11 is 7.34. The standard InChI is InChI=1S/C17H18ClNO3S/c1-11-8-12(18)4-6-14(11)19-17(20)10-23-13-5-7-15(21-2)16(9-13)22-3/h4-9H,10H2,1-3H3,(H,19,20). The van der Waals surface area contributed by atoms with Crippen LogP contribution in [0.2, 0.25) is 5.02 Å². The summed E-state index contributed by atoms with van der Waals surface area (Å²) < 4.78 is 10.4. The Morgan fingerprint density at radius 1 is 1.13 bits per heavy atom. The van der Waals surface area contributed by atoms with Gasteiger partial charge in [-0.3, -0.25) is 4.79 Å². The number of carbonyl (C=O) groups excluding carboxylic acids is 1. The summed E-state index contributed by atoms with van der Waals surface area (Å²) in [6.07, 6.45) is 0. The normalized spacial score (nSPS) is 10.3. The number of nitrogens with one attached hydrogen (secondary N) is 1. The molecule has 0 aliphatic heterocycles. The molecule has 0 unspecified atom stereocenters. The first-order chi connectivity index (χ1) is 11.0. The van der Waals surface area contributed by atoms with Crippen LogP contribution in [-0.2, 0) is 4.79 Å². The fourth-order valence-electron chi connectivity index (χ4n) is 2.01. The predicted molar refractivity (Wildman–Crippen MR) is 95.1 cm³/mol. The average molecular weight is 352 g/mol. The van der Waals surface area contributed by atoms with Gasteiger partial charge < -0.3 is 14.8 Å². The van der Waals surface area contributed by atoms with Crippen molar-refractivity contribution >= 4 is 35.0 Å². The minimum Gasteiger partial charge on any atom is -0.493 e. The second kappa shape index (κ2) is 8.13. The molecular formula is C17H18ClNO3S. The predicted octanol–water partition coefficient (Wildman–Crippen LogP) is 4.40. The number of ether oxygens (including phenoxy) is 2. The molecule has 0 fully saturated rings. The zero-order valence-corrected chi connectivity index (χ0v) is 14.8. The van der Waals surface area contributed by atoms with E-state index < -0.39 is 0 Å². The Morgan fingerprint density at radius 3 is 2.52 bits per heavy atom. The Morgan fingerprint density at radius 2 is 1.87 bits per heavy atom. The van der Waals surface area contributed by atoms with E-state index in [0.29, 0.717) is 22.3 Å². The lowest BCUT2D eigenvalue weighted by molar-refractivity contribution is -0.113. The highest BCUT2D eigenvalue weighted by atomic mass is 35.5. The van der Waals surface area contributed by atoms with Gasteiger partial charge in [0.25, 0.3) is 0 Å². The summed E-state index contributed by atoms with van der Waals surface area (Å²) in [7, 11) is 3.18. The molecule has 0 saturated heterocycles. The quantitative estimate of drug-likeness (QED) is 0.784. The van der Waals surface area contributed by atoms with E-state index in [1.165, 1.54) is 11.8 Å². The molecule has 0 aliphatic rings. The molecule has 2 rings (SSSR count). The Kier molecular flexibility index (Phi) is 6.19. The molecule has 23 heavy (non-hydrogen) atoms. The minimum absolute atomic E-state index is 0.0739. The van der Waals surface area contributed by atoms with Gasteiger partial charge in [-0.25, -0.2) is 0 Å². The maximum Gasteiger partial charge on any atom is 0.234 e. The monoisotopic (exact) mass is 351 g/mol. The highest BCUT2D eigenvalue weighted by Gasteiger charge is 2.09. The molecule has 0 bridgehead atoms. The number of hydrogen-bond acceptors (Lipinski definition) is 4. The SMILES string of the molecule is COc1ccc(SCC(=O)Nc2ccc(Cl)cc2C)cc1OC. The third-order valence-electron chi connectivity index (χ3n) is 3.19. The van der Waals surface area contributed by atoms with Gasteiger partial charge in [-0.15, -0.1) is 11.8 Å². The van der Waals surface area contributed by atoms with E-state index in [2.05, 4.69) is 5.32 Å². The summed E-state index contributed by atoms with van der Waals surface area (Å²) in [5.41, 5.74) is 1.70. The number of carbonyl (C=O) groups is 1. The lowest BCUT2D eigenvalue weighted by Crippen LogP contribution is -2.14. The minimum atomic E-state index is -0.0739. The molecule has 0 spiro atoms. The van der Waals surface area contributed by atoms with Crippen LogP contribution in [0.1, 0.15) is 5.56 Å². The van der Waals surface area contributed by atoms with E-state index >= 15 is 0 Å². The van der Waals surface area contributed by atoms with Gasteiger partial charge in [0.05, 0.1) is 20.0 Å². The molecule has 122 valence electrons. The third kappa shape index (κ3) is 4.81. The van der Waals surface area contributed by atoms with Gasteiger partial charge in [-0.05, 0) is 48.9 Å². The third-order valence-corrected chi connectivity index (χ3v) is 4.42. The number of aryl methyl sites for hydroxylation is 1. The van der Waals surface area contributed by atoms with Crippen molar-refractivity contribution in [1.29, 1.82) is 0 Å². The average Bonchev–Trinajstić information content (AvgIpc) is 2.55. The van der Waals surface area contributed by atoms with E-state index in [1.807, 2.05) is 31.2 Å². The van der Waals surface area contributed by atoms with Crippen LogP contribution in [0, 0.1) is 6.92 Å². The maximum absolute atomic E-state index is 12.1. The van der Waals surface area contributed by atoms with Crippen LogP contribution in [-0.4, -0.2) is 25.9 Å². The second-order valence-electron chi connectivity index (χ2n) is 4.81. The summed E-state index contributed by atoms with van der Waals surface area (Å²) in [6.45, 7) is 1.91. The maximum atomic E-state index is 12.1. The number of anilines is 1. The molecule has 0 atom stereocenters. The van der Waals surface area contributed by atoms with Crippen LogP contribution in [0.5, 0.6) is 11.5 Å². The molecule has 1 N–H and O–H groups in total. The van der Waals surface area contributed by atoms with Crippen LogP contribution >= 0.6 is 23.4 Å². The number of thioether (sulfide) groups is 1. The van der Waals surface area contributed by atoms with E-state index in [-0.39, 0.29) is 5.91 Å². The zero-order chi connectivity index (χ0) is 16.8. The fraction of sp³-hybridized carbons (Fsp3) is 0.235. The highest BCUT2D eigenvalue weighted by molar-refractivity contribution is 8.00. The van der Waals surface area contributed by atoms with Crippen LogP contribution in [0.3, 0.4) is 0 Å². The van der Waals surface area contributed by atoms with Crippen LogP contribution < -0.4 is 14.8 Å². The summed E-state index contributed by atoms with van der Waals surface area (Å²) in [5, 5.41) is 3.54.